The van der Waals surface area contributed by atoms with E-state index in [1.54, 1.807) is 0 Å². The molecule has 2 N–H and O–H groups in total. The van der Waals surface area contributed by atoms with Crippen molar-refractivity contribution in [1.82, 2.24) is 0 Å². The molecule has 0 spiro atoms. The summed E-state index contributed by atoms with van der Waals surface area (Å²) in [4.78, 5) is 1.43. The quantitative estimate of drug-likeness (QED) is 0.907. The molecule has 0 bridgehead atoms. The first-order valence-corrected chi connectivity index (χ1v) is 7.82. The number of hydrogen-bond acceptors (Lipinski definition) is 3. The molecule has 3 atom stereocenters. The number of nitrogens with two attached hydrogens (primary N) is 1. The lowest BCUT2D eigenvalue weighted by Gasteiger charge is -2.19. The maximum absolute atomic E-state index is 6.36. The summed E-state index contributed by atoms with van der Waals surface area (Å²) >= 11 is 1.96. The molecule has 1 saturated heterocycles. The van der Waals surface area contributed by atoms with Gasteiger partial charge in [0.15, 0.2) is 0 Å². The molecule has 3 unspecified atom stereocenters. The van der Waals surface area contributed by atoms with E-state index < -0.39 is 0 Å². The molecule has 0 amide bonds. The zero-order chi connectivity index (χ0) is 12.4. The maximum atomic E-state index is 6.36. The third-order valence-corrected chi connectivity index (χ3v) is 5.47. The van der Waals surface area contributed by atoms with Crippen molar-refractivity contribution >= 4 is 11.8 Å². The van der Waals surface area contributed by atoms with E-state index in [0.29, 0.717) is 17.4 Å². The predicted octanol–water partition coefficient (Wildman–Crippen LogP) is 2.99. The van der Waals surface area contributed by atoms with Crippen LogP contribution >= 0.6 is 11.8 Å². The van der Waals surface area contributed by atoms with Gasteiger partial charge in [-0.1, -0.05) is 18.2 Å². The van der Waals surface area contributed by atoms with Crippen LogP contribution in [0.5, 0.6) is 0 Å². The Morgan fingerprint density at radius 2 is 2.28 bits per heavy atom. The van der Waals surface area contributed by atoms with Gasteiger partial charge in [0.25, 0.3) is 0 Å². The molecule has 2 nitrogen and oxygen atoms in total. The fourth-order valence-corrected chi connectivity index (χ4v) is 4.24. The van der Waals surface area contributed by atoms with E-state index in [4.69, 9.17) is 10.5 Å². The van der Waals surface area contributed by atoms with Crippen molar-refractivity contribution in [2.24, 2.45) is 5.73 Å². The Bertz CT molecular complexity index is 378. The van der Waals surface area contributed by atoms with Crippen molar-refractivity contribution in [3.8, 4) is 0 Å². The fourth-order valence-electron chi connectivity index (χ4n) is 2.88. The number of fused-ring (bicyclic) bond motifs is 1. The monoisotopic (exact) mass is 263 g/mol. The van der Waals surface area contributed by atoms with Crippen molar-refractivity contribution in [3.63, 3.8) is 0 Å². The topological polar surface area (TPSA) is 35.2 Å². The van der Waals surface area contributed by atoms with Gasteiger partial charge < -0.3 is 10.5 Å². The average Bonchev–Trinajstić information content (AvgIpc) is 3.04. The third-order valence-electron chi connectivity index (χ3n) is 4.00. The molecule has 1 fully saturated rings. The molecule has 2 aliphatic heterocycles. The van der Waals surface area contributed by atoms with Gasteiger partial charge in [-0.15, -0.1) is 11.8 Å². The van der Waals surface area contributed by atoms with E-state index in [1.165, 1.54) is 23.3 Å². The molecule has 2 aliphatic rings. The number of ether oxygens (including phenoxy) is 1. The zero-order valence-corrected chi connectivity index (χ0v) is 11.5. The van der Waals surface area contributed by atoms with Gasteiger partial charge in [0.2, 0.25) is 0 Å². The van der Waals surface area contributed by atoms with Gasteiger partial charge in [0, 0.05) is 22.8 Å². The van der Waals surface area contributed by atoms with Crippen molar-refractivity contribution in [3.05, 3.63) is 29.8 Å². The summed E-state index contributed by atoms with van der Waals surface area (Å²) in [5.41, 5.74) is 7.83. The molecule has 18 heavy (non-hydrogen) atoms. The molecule has 0 saturated carbocycles. The van der Waals surface area contributed by atoms with Crippen molar-refractivity contribution in [2.75, 3.05) is 6.61 Å². The summed E-state index contributed by atoms with van der Waals surface area (Å²) in [6, 6.07) is 8.99. The van der Waals surface area contributed by atoms with Gasteiger partial charge in [0.1, 0.15) is 0 Å². The van der Waals surface area contributed by atoms with Crippen molar-refractivity contribution in [1.29, 1.82) is 0 Å². The van der Waals surface area contributed by atoms with Gasteiger partial charge in [-0.05, 0) is 43.7 Å². The standard InChI is InChI=1S/C15H21NOS/c16-13(8-7-12-5-3-9-17-12)15-10-11-4-1-2-6-14(11)18-15/h1-2,4,6,12-13,15H,3,5,7-10,16H2. The SMILES string of the molecule is NC(CCC1CCCO1)C1Cc2ccccc2S1. The van der Waals surface area contributed by atoms with Crippen LogP contribution in [0.4, 0.5) is 0 Å². The third kappa shape index (κ3) is 2.73. The van der Waals surface area contributed by atoms with Crippen LogP contribution < -0.4 is 5.73 Å². The van der Waals surface area contributed by atoms with Crippen molar-refractivity contribution < 1.29 is 4.74 Å². The van der Waals surface area contributed by atoms with Gasteiger partial charge >= 0.3 is 0 Å². The largest absolute Gasteiger partial charge is 0.378 e. The van der Waals surface area contributed by atoms with E-state index in [9.17, 15) is 0 Å². The predicted molar refractivity (Wildman–Crippen MR) is 76.0 cm³/mol. The first kappa shape index (κ1) is 12.5. The van der Waals surface area contributed by atoms with Crippen LogP contribution in [0, 0.1) is 0 Å². The second-order valence-electron chi connectivity index (χ2n) is 5.34. The highest BCUT2D eigenvalue weighted by Crippen LogP contribution is 2.38. The Labute approximate surface area is 113 Å². The second kappa shape index (κ2) is 5.64. The molecule has 1 aromatic rings. The summed E-state index contributed by atoms with van der Waals surface area (Å²) in [6.45, 7) is 0.948. The summed E-state index contributed by atoms with van der Waals surface area (Å²) in [5.74, 6) is 0. The fraction of sp³-hybridized carbons (Fsp3) is 0.600. The molecular weight excluding hydrogens is 242 g/mol. The number of thioether (sulfide) groups is 1. The molecule has 0 aromatic heterocycles. The molecule has 0 aliphatic carbocycles. The summed E-state index contributed by atoms with van der Waals surface area (Å²) in [7, 11) is 0. The molecule has 1 aromatic carbocycles. The molecule has 2 heterocycles. The van der Waals surface area contributed by atoms with Crippen LogP contribution in [-0.2, 0) is 11.2 Å². The van der Waals surface area contributed by atoms with Crippen LogP contribution in [0.3, 0.4) is 0 Å². The Balaban J connectivity index is 1.50. The van der Waals surface area contributed by atoms with Crippen LogP contribution in [0.2, 0.25) is 0 Å². The highest BCUT2D eigenvalue weighted by atomic mass is 32.2. The summed E-state index contributed by atoms with van der Waals surface area (Å²) in [6.07, 6.45) is 6.29. The van der Waals surface area contributed by atoms with Crippen LogP contribution in [-0.4, -0.2) is 24.0 Å². The highest BCUT2D eigenvalue weighted by molar-refractivity contribution is 8.00. The van der Waals surface area contributed by atoms with Crippen molar-refractivity contribution in [2.45, 2.75) is 54.4 Å². The molecular formula is C15H21NOS. The smallest absolute Gasteiger partial charge is 0.0576 e. The van der Waals surface area contributed by atoms with E-state index in [-0.39, 0.29) is 0 Å². The Kier molecular flexibility index (Phi) is 3.92. The minimum Gasteiger partial charge on any atom is -0.378 e. The van der Waals surface area contributed by atoms with Gasteiger partial charge in [-0.2, -0.15) is 0 Å². The lowest BCUT2D eigenvalue weighted by molar-refractivity contribution is 0.101. The van der Waals surface area contributed by atoms with Gasteiger partial charge in [0.05, 0.1) is 6.10 Å². The first-order chi connectivity index (χ1) is 8.83. The summed E-state index contributed by atoms with van der Waals surface area (Å²) in [5, 5.41) is 0.559. The van der Waals surface area contributed by atoms with E-state index in [2.05, 4.69) is 24.3 Å². The summed E-state index contributed by atoms with van der Waals surface area (Å²) < 4.78 is 5.67. The van der Waals surface area contributed by atoms with Gasteiger partial charge in [-0.3, -0.25) is 0 Å². The lowest BCUT2D eigenvalue weighted by Crippen LogP contribution is -2.33. The average molecular weight is 263 g/mol. The minimum atomic E-state index is 0.298. The maximum Gasteiger partial charge on any atom is 0.0576 e. The normalized spacial score (nSPS) is 28.3. The zero-order valence-electron chi connectivity index (χ0n) is 10.7. The molecule has 3 heteroatoms. The molecule has 3 rings (SSSR count). The van der Waals surface area contributed by atoms with Gasteiger partial charge in [-0.25, -0.2) is 0 Å². The van der Waals surface area contributed by atoms with Crippen LogP contribution in [0.25, 0.3) is 0 Å². The van der Waals surface area contributed by atoms with Crippen LogP contribution in [0.15, 0.2) is 29.2 Å². The first-order valence-electron chi connectivity index (χ1n) is 6.94. The Morgan fingerprint density at radius 3 is 3.06 bits per heavy atom. The lowest BCUT2D eigenvalue weighted by atomic mass is 10.00. The van der Waals surface area contributed by atoms with Crippen LogP contribution in [0.1, 0.15) is 31.2 Å². The van der Waals surface area contributed by atoms with E-state index in [1.807, 2.05) is 11.8 Å². The number of rotatable bonds is 4. The highest BCUT2D eigenvalue weighted by Gasteiger charge is 2.27. The molecule has 98 valence electrons. The second-order valence-corrected chi connectivity index (χ2v) is 6.63. The number of hydrogen-bond donors (Lipinski definition) is 1. The Hall–Kier alpha value is -0.510. The van der Waals surface area contributed by atoms with E-state index in [0.717, 1.165) is 25.9 Å². The van der Waals surface area contributed by atoms with E-state index >= 15 is 0 Å². The Morgan fingerprint density at radius 1 is 1.39 bits per heavy atom. The number of benzene rings is 1. The molecule has 0 radical (unpaired) electrons. The minimum absolute atomic E-state index is 0.298.